The SMILES string of the molecule is CC(=O)OCC(OC[C@H]1O[C@@H](n2nnc3c(Cl)nc(Cl)nc32)C(OC(C)=O)[C@@H]1C)P(C)(C)=O. The molecule has 1 fully saturated rings. The number of aromatic nitrogens is 5. The maximum Gasteiger partial charge on any atom is 0.303 e. The highest BCUT2D eigenvalue weighted by Gasteiger charge is 2.47. The first-order chi connectivity index (χ1) is 15.4. The molecule has 182 valence electrons. The lowest BCUT2D eigenvalue weighted by Gasteiger charge is -2.24. The molecular formula is C18H24Cl2N5O7P. The van der Waals surface area contributed by atoms with Crippen molar-refractivity contribution in [1.82, 2.24) is 25.0 Å². The van der Waals surface area contributed by atoms with Crippen molar-refractivity contribution < 1.29 is 33.1 Å². The molecule has 1 aliphatic heterocycles. The van der Waals surface area contributed by atoms with Crippen LogP contribution in [0, 0.1) is 5.92 Å². The summed E-state index contributed by atoms with van der Waals surface area (Å²) in [7, 11) is -2.77. The van der Waals surface area contributed by atoms with Gasteiger partial charge in [0.2, 0.25) is 5.28 Å². The van der Waals surface area contributed by atoms with Gasteiger partial charge in [-0.1, -0.05) is 23.7 Å². The highest BCUT2D eigenvalue weighted by atomic mass is 35.5. The van der Waals surface area contributed by atoms with Gasteiger partial charge >= 0.3 is 11.9 Å². The molecule has 0 N–H and O–H groups in total. The zero-order valence-electron chi connectivity index (χ0n) is 18.6. The fourth-order valence-electron chi connectivity index (χ4n) is 3.34. The minimum atomic E-state index is -2.77. The van der Waals surface area contributed by atoms with Gasteiger partial charge in [0, 0.05) is 19.8 Å². The summed E-state index contributed by atoms with van der Waals surface area (Å²) < 4.78 is 36.4. The van der Waals surface area contributed by atoms with E-state index in [1.807, 2.05) is 6.92 Å². The van der Waals surface area contributed by atoms with Crippen LogP contribution in [0.25, 0.3) is 11.2 Å². The lowest BCUT2D eigenvalue weighted by molar-refractivity contribution is -0.154. The molecule has 33 heavy (non-hydrogen) atoms. The molecule has 12 nitrogen and oxygen atoms in total. The molecule has 2 aromatic rings. The van der Waals surface area contributed by atoms with E-state index in [0.29, 0.717) is 0 Å². The molecule has 0 saturated carbocycles. The Balaban J connectivity index is 1.85. The summed E-state index contributed by atoms with van der Waals surface area (Å²) in [5, 5.41) is 7.93. The summed E-state index contributed by atoms with van der Waals surface area (Å²) in [5.74, 6) is -2.19. The number of carbonyl (C=O) groups is 2. The number of rotatable bonds is 8. The monoisotopic (exact) mass is 523 g/mol. The molecule has 1 aliphatic rings. The average Bonchev–Trinajstić information content (AvgIpc) is 3.22. The van der Waals surface area contributed by atoms with E-state index < -0.39 is 43.4 Å². The quantitative estimate of drug-likeness (QED) is 0.217. The Morgan fingerprint density at radius 3 is 2.52 bits per heavy atom. The summed E-state index contributed by atoms with van der Waals surface area (Å²) >= 11 is 12.0. The fourth-order valence-corrected chi connectivity index (χ4v) is 4.63. The molecule has 0 aliphatic carbocycles. The minimum Gasteiger partial charge on any atom is -0.463 e. The van der Waals surface area contributed by atoms with Crippen LogP contribution in [-0.4, -0.2) is 81.5 Å². The van der Waals surface area contributed by atoms with E-state index in [1.165, 1.54) is 18.5 Å². The minimum absolute atomic E-state index is 0.00381. The van der Waals surface area contributed by atoms with Crippen LogP contribution in [0.4, 0.5) is 0 Å². The summed E-state index contributed by atoms with van der Waals surface area (Å²) in [6.07, 6.45) is -2.26. The van der Waals surface area contributed by atoms with E-state index in [-0.39, 0.29) is 40.7 Å². The van der Waals surface area contributed by atoms with Crippen molar-refractivity contribution in [2.24, 2.45) is 5.92 Å². The van der Waals surface area contributed by atoms with Gasteiger partial charge in [0.15, 0.2) is 28.6 Å². The van der Waals surface area contributed by atoms with Crippen molar-refractivity contribution in [2.75, 3.05) is 26.5 Å². The van der Waals surface area contributed by atoms with E-state index in [0.717, 1.165) is 0 Å². The molecule has 0 spiro atoms. The van der Waals surface area contributed by atoms with Crippen LogP contribution in [0.3, 0.4) is 0 Å². The number of ether oxygens (including phenoxy) is 4. The molecule has 0 bridgehead atoms. The van der Waals surface area contributed by atoms with E-state index >= 15 is 0 Å². The number of esters is 2. The maximum atomic E-state index is 12.6. The number of hydrogen-bond donors (Lipinski definition) is 0. The molecule has 0 amide bonds. The van der Waals surface area contributed by atoms with Gasteiger partial charge in [0.1, 0.15) is 19.6 Å². The molecule has 0 aromatic carbocycles. The van der Waals surface area contributed by atoms with Gasteiger partial charge in [0.25, 0.3) is 0 Å². The van der Waals surface area contributed by atoms with Crippen molar-refractivity contribution in [3.8, 4) is 0 Å². The van der Waals surface area contributed by atoms with Gasteiger partial charge < -0.3 is 23.5 Å². The predicted molar refractivity (Wildman–Crippen MR) is 118 cm³/mol. The van der Waals surface area contributed by atoms with Crippen LogP contribution >= 0.6 is 30.3 Å². The van der Waals surface area contributed by atoms with E-state index in [4.69, 9.17) is 42.1 Å². The van der Waals surface area contributed by atoms with Crippen molar-refractivity contribution in [3.05, 3.63) is 10.4 Å². The van der Waals surface area contributed by atoms with Gasteiger partial charge in [-0.15, -0.1) is 5.10 Å². The Kier molecular flexibility index (Phi) is 7.95. The molecule has 5 atom stereocenters. The van der Waals surface area contributed by atoms with Crippen LogP contribution < -0.4 is 0 Å². The molecule has 0 radical (unpaired) electrons. The van der Waals surface area contributed by atoms with E-state index in [2.05, 4.69) is 20.3 Å². The fraction of sp³-hybridized carbons (Fsp3) is 0.667. The van der Waals surface area contributed by atoms with Gasteiger partial charge in [-0.05, 0) is 24.9 Å². The Morgan fingerprint density at radius 2 is 1.91 bits per heavy atom. The van der Waals surface area contributed by atoms with Crippen LogP contribution in [0.2, 0.25) is 10.4 Å². The van der Waals surface area contributed by atoms with Gasteiger partial charge in [-0.25, -0.2) is 4.98 Å². The Labute approximate surface area is 199 Å². The lowest BCUT2D eigenvalue weighted by atomic mass is 10.0. The summed E-state index contributed by atoms with van der Waals surface area (Å²) in [5.41, 5.74) is 0.410. The molecule has 2 aromatic heterocycles. The third-order valence-electron chi connectivity index (χ3n) is 5.07. The summed E-state index contributed by atoms with van der Waals surface area (Å²) in [6.45, 7) is 7.28. The third kappa shape index (κ3) is 5.99. The lowest BCUT2D eigenvalue weighted by Crippen LogP contribution is -2.32. The number of carbonyl (C=O) groups excluding carboxylic acids is 2. The number of halogens is 2. The van der Waals surface area contributed by atoms with Gasteiger partial charge in [0.05, 0.1) is 12.7 Å². The predicted octanol–water partition coefficient (Wildman–Crippen LogP) is 2.52. The second-order valence-electron chi connectivity index (χ2n) is 8.01. The Hall–Kier alpha value is -1.85. The van der Waals surface area contributed by atoms with E-state index in [1.54, 1.807) is 13.3 Å². The molecule has 1 saturated heterocycles. The molecule has 15 heteroatoms. The van der Waals surface area contributed by atoms with Crippen LogP contribution in [-0.2, 0) is 33.1 Å². The normalized spacial score (nSPS) is 24.1. The van der Waals surface area contributed by atoms with Gasteiger partial charge in [-0.3, -0.25) is 9.59 Å². The van der Waals surface area contributed by atoms with Crippen LogP contribution in [0.15, 0.2) is 0 Å². The van der Waals surface area contributed by atoms with Crippen molar-refractivity contribution >= 4 is 53.4 Å². The zero-order valence-corrected chi connectivity index (χ0v) is 21.0. The highest BCUT2D eigenvalue weighted by Crippen LogP contribution is 2.44. The van der Waals surface area contributed by atoms with Crippen LogP contribution in [0.5, 0.6) is 0 Å². The first-order valence-corrected chi connectivity index (χ1v) is 13.4. The summed E-state index contributed by atoms with van der Waals surface area (Å²) in [4.78, 5) is 30.9. The van der Waals surface area contributed by atoms with Crippen molar-refractivity contribution in [2.45, 2.75) is 45.1 Å². The molecular weight excluding hydrogens is 500 g/mol. The molecule has 3 heterocycles. The Morgan fingerprint density at radius 1 is 1.21 bits per heavy atom. The second kappa shape index (κ2) is 10.2. The average molecular weight is 524 g/mol. The number of hydrogen-bond acceptors (Lipinski definition) is 11. The van der Waals surface area contributed by atoms with Gasteiger partial charge in [-0.2, -0.15) is 9.67 Å². The largest absolute Gasteiger partial charge is 0.463 e. The van der Waals surface area contributed by atoms with Crippen LogP contribution in [0.1, 0.15) is 27.0 Å². The van der Waals surface area contributed by atoms with Crippen molar-refractivity contribution in [3.63, 3.8) is 0 Å². The smallest absolute Gasteiger partial charge is 0.303 e. The third-order valence-corrected chi connectivity index (χ3v) is 7.19. The number of nitrogens with zero attached hydrogens (tertiary/aromatic N) is 5. The zero-order chi connectivity index (χ0) is 24.5. The molecule has 3 rings (SSSR count). The highest BCUT2D eigenvalue weighted by molar-refractivity contribution is 7.62. The second-order valence-corrected chi connectivity index (χ2v) is 12.2. The Bertz CT molecular complexity index is 1090. The number of fused-ring (bicyclic) bond motifs is 1. The first-order valence-electron chi connectivity index (χ1n) is 9.94. The summed E-state index contributed by atoms with van der Waals surface area (Å²) in [6, 6.07) is 0. The molecule has 2 unspecified atom stereocenters. The topological polar surface area (TPSA) is 145 Å². The standard InChI is InChI=1S/C18H24Cl2N5O7P/c1-8-11(6-30-12(33(4,5)28)7-29-9(2)26)32-17(14(8)31-10(3)27)25-16-13(23-24-25)15(19)21-18(20)22-16/h8,11-12,14,17H,6-7H2,1-5H3/t8-,11-,12?,14?,17-/m1/s1. The van der Waals surface area contributed by atoms with Crippen molar-refractivity contribution in [1.29, 1.82) is 0 Å². The maximum absolute atomic E-state index is 12.6. The first kappa shape index (κ1) is 25.8. The van der Waals surface area contributed by atoms with E-state index in [9.17, 15) is 14.2 Å².